The van der Waals surface area contributed by atoms with E-state index >= 15 is 0 Å². The first kappa shape index (κ1) is 37.5. The number of likely N-dealkylation sites (N-methyl/N-ethyl adjacent to an activating group) is 1. The molecule has 0 spiro atoms. The minimum atomic E-state index is -0.531. The maximum absolute atomic E-state index is 12.4. The van der Waals surface area contributed by atoms with E-state index in [1.165, 1.54) is 60.9 Å². The van der Waals surface area contributed by atoms with Crippen LogP contribution in [0.4, 0.5) is 11.4 Å². The second kappa shape index (κ2) is 14.9. The Balaban J connectivity index is 1.00. The van der Waals surface area contributed by atoms with E-state index in [1.54, 1.807) is 0 Å². The summed E-state index contributed by atoms with van der Waals surface area (Å²) in [4.78, 5) is 46.2. The monoisotopic (exact) mass is 747 g/mol. The number of nitrogens with zero attached hydrogens (tertiary/aromatic N) is 3. The molecular formula is C49H53N3O4. The fraction of sp³-hybridized carbons (Fsp3) is 0.367. The molecule has 0 radical (unpaired) electrons. The van der Waals surface area contributed by atoms with Crippen molar-refractivity contribution < 1.29 is 19.2 Å². The summed E-state index contributed by atoms with van der Waals surface area (Å²) in [6, 6.07) is 26.6. The van der Waals surface area contributed by atoms with E-state index in [2.05, 4.69) is 148 Å². The van der Waals surface area contributed by atoms with Gasteiger partial charge in [-0.3, -0.25) is 9.59 Å². The van der Waals surface area contributed by atoms with Crippen LogP contribution in [-0.2, 0) is 30.1 Å². The molecular weight excluding hydrogens is 695 g/mol. The van der Waals surface area contributed by atoms with Crippen LogP contribution in [0.3, 0.4) is 0 Å². The second-order valence-corrected chi connectivity index (χ2v) is 17.0. The lowest BCUT2D eigenvalue weighted by Crippen LogP contribution is -2.40. The summed E-state index contributed by atoms with van der Waals surface area (Å²) in [6.45, 7) is 10.3. The largest absolute Gasteiger partial charge is 0.364 e. The lowest BCUT2D eigenvalue weighted by molar-refractivity contribution is -0.197. The number of hydroxylamine groups is 2. The Morgan fingerprint density at radius 1 is 0.768 bits per heavy atom. The third-order valence-electron chi connectivity index (χ3n) is 12.6. The third kappa shape index (κ3) is 6.75. The van der Waals surface area contributed by atoms with Crippen molar-refractivity contribution in [1.29, 1.82) is 0 Å². The van der Waals surface area contributed by atoms with Gasteiger partial charge in [-0.25, -0.2) is 4.79 Å². The van der Waals surface area contributed by atoms with Crippen LogP contribution in [0.25, 0.3) is 21.5 Å². The molecule has 0 saturated carbocycles. The van der Waals surface area contributed by atoms with Crippen LogP contribution in [-0.4, -0.2) is 42.5 Å². The Hall–Kier alpha value is -5.43. The van der Waals surface area contributed by atoms with Gasteiger partial charge in [0.1, 0.15) is 0 Å². The quantitative estimate of drug-likeness (QED) is 0.119. The van der Waals surface area contributed by atoms with Gasteiger partial charge in [0.25, 0.3) is 11.8 Å². The average Bonchev–Trinajstić information content (AvgIpc) is 3.70. The fourth-order valence-corrected chi connectivity index (χ4v) is 9.74. The van der Waals surface area contributed by atoms with E-state index in [4.69, 9.17) is 4.84 Å². The highest BCUT2D eigenvalue weighted by atomic mass is 16.7. The molecule has 56 heavy (non-hydrogen) atoms. The highest BCUT2D eigenvalue weighted by Crippen LogP contribution is 2.51. The Kier molecular flexibility index (Phi) is 9.98. The molecule has 3 aliphatic heterocycles. The molecule has 1 fully saturated rings. The van der Waals surface area contributed by atoms with Crippen molar-refractivity contribution in [2.45, 2.75) is 102 Å². The third-order valence-corrected chi connectivity index (χ3v) is 12.6. The number of fused-ring (bicyclic) bond motifs is 6. The van der Waals surface area contributed by atoms with Gasteiger partial charge >= 0.3 is 5.97 Å². The van der Waals surface area contributed by atoms with Gasteiger partial charge in [0.05, 0.1) is 6.04 Å². The number of carbonyl (C=O) groups is 3. The number of unbranched alkanes of at least 4 members (excludes halogenated alkanes) is 2. The molecule has 0 bridgehead atoms. The predicted octanol–water partition coefficient (Wildman–Crippen LogP) is 10.5. The molecule has 4 aromatic carbocycles. The Morgan fingerprint density at radius 3 is 2.14 bits per heavy atom. The minimum Gasteiger partial charge on any atom is -0.364 e. The Bertz CT molecular complexity index is 2350. The van der Waals surface area contributed by atoms with Crippen LogP contribution in [0.2, 0.25) is 0 Å². The molecule has 3 heterocycles. The minimum absolute atomic E-state index is 0.0991. The molecule has 1 aliphatic carbocycles. The number of imide groups is 1. The first-order valence-electron chi connectivity index (χ1n) is 20.4. The van der Waals surface area contributed by atoms with E-state index in [9.17, 15) is 14.4 Å². The predicted molar refractivity (Wildman–Crippen MR) is 226 cm³/mol. The van der Waals surface area contributed by atoms with Gasteiger partial charge in [-0.2, -0.15) is 0 Å². The van der Waals surface area contributed by atoms with E-state index in [0.29, 0.717) is 11.5 Å². The molecule has 4 aliphatic rings. The van der Waals surface area contributed by atoms with Crippen molar-refractivity contribution in [3.8, 4) is 0 Å². The molecule has 0 aromatic heterocycles. The number of hydrogen-bond donors (Lipinski definition) is 0. The lowest BCUT2D eigenvalue weighted by atomic mass is 9.78. The molecule has 8 rings (SSSR count). The molecule has 7 nitrogen and oxygen atoms in total. The van der Waals surface area contributed by atoms with Crippen LogP contribution in [0.5, 0.6) is 0 Å². The summed E-state index contributed by atoms with van der Waals surface area (Å²) in [5.41, 5.74) is 9.13. The van der Waals surface area contributed by atoms with Gasteiger partial charge in [-0.05, 0) is 94.1 Å². The second-order valence-electron chi connectivity index (χ2n) is 17.0. The summed E-state index contributed by atoms with van der Waals surface area (Å²) in [6.07, 6.45) is 17.9. The smallest absolute Gasteiger partial charge is 0.333 e. The van der Waals surface area contributed by atoms with Gasteiger partial charge in [0.2, 0.25) is 0 Å². The first-order chi connectivity index (χ1) is 26.9. The molecule has 4 aromatic rings. The maximum Gasteiger partial charge on any atom is 0.333 e. The van der Waals surface area contributed by atoms with Crippen LogP contribution >= 0.6 is 0 Å². The van der Waals surface area contributed by atoms with Crippen molar-refractivity contribution in [3.63, 3.8) is 0 Å². The first-order valence-corrected chi connectivity index (χ1v) is 20.4. The highest BCUT2D eigenvalue weighted by molar-refractivity contribution is 6.01. The number of benzene rings is 4. The van der Waals surface area contributed by atoms with Crippen LogP contribution in [0, 0.1) is 0 Å². The van der Waals surface area contributed by atoms with Crippen molar-refractivity contribution in [2.75, 3.05) is 23.4 Å². The number of amides is 2. The van der Waals surface area contributed by atoms with Gasteiger partial charge in [0, 0.05) is 60.8 Å². The van der Waals surface area contributed by atoms with Crippen molar-refractivity contribution in [2.24, 2.45) is 0 Å². The average molecular weight is 748 g/mol. The molecule has 288 valence electrons. The molecule has 1 unspecified atom stereocenters. The summed E-state index contributed by atoms with van der Waals surface area (Å²) in [5.74, 6) is -1.42. The molecule has 2 amide bonds. The van der Waals surface area contributed by atoms with Crippen LogP contribution in [0.1, 0.15) is 96.6 Å². The summed E-state index contributed by atoms with van der Waals surface area (Å²) in [5, 5.41) is 5.81. The van der Waals surface area contributed by atoms with Crippen molar-refractivity contribution >= 4 is 50.7 Å². The number of anilines is 2. The summed E-state index contributed by atoms with van der Waals surface area (Å²) >= 11 is 0. The highest BCUT2D eigenvalue weighted by Gasteiger charge is 2.44. The van der Waals surface area contributed by atoms with E-state index in [1.807, 2.05) is 0 Å². The Labute approximate surface area is 330 Å². The summed E-state index contributed by atoms with van der Waals surface area (Å²) in [7, 11) is 2.20. The molecule has 7 heteroatoms. The number of hydrogen-bond acceptors (Lipinski definition) is 6. The van der Waals surface area contributed by atoms with E-state index < -0.39 is 17.8 Å². The zero-order chi connectivity index (χ0) is 39.2. The number of rotatable bonds is 10. The van der Waals surface area contributed by atoms with Crippen LogP contribution in [0.15, 0.2) is 120 Å². The van der Waals surface area contributed by atoms with Crippen molar-refractivity contribution in [1.82, 2.24) is 5.06 Å². The normalized spacial score (nSPS) is 21.6. The van der Waals surface area contributed by atoms with Gasteiger partial charge < -0.3 is 14.6 Å². The zero-order valence-corrected chi connectivity index (χ0v) is 33.4. The molecule has 1 atom stereocenters. The fourth-order valence-electron chi connectivity index (χ4n) is 9.74. The van der Waals surface area contributed by atoms with Crippen LogP contribution < -0.4 is 9.80 Å². The molecule has 1 saturated heterocycles. The number of allylic oxidation sites excluding steroid dienone is 7. The number of carbonyl (C=O) groups excluding carboxylic acids is 3. The van der Waals surface area contributed by atoms with Gasteiger partial charge in [-0.1, -0.05) is 119 Å². The van der Waals surface area contributed by atoms with Gasteiger partial charge in [-0.15, -0.1) is 5.06 Å². The lowest BCUT2D eigenvalue weighted by Gasteiger charge is -2.33. The maximum atomic E-state index is 12.4. The van der Waals surface area contributed by atoms with E-state index in [-0.39, 0.29) is 36.1 Å². The SMILES string of the molecule is CN1/C(=C/C=C2C=C(/C=C/C3N(CCCCCC(=O)ON4C(=O)CCC4=O)c4ccc5ccccc5c4C3(C)C)CCC2)C(C)(C)c2c1ccc1ccccc21. The zero-order valence-electron chi connectivity index (χ0n) is 33.4. The Morgan fingerprint density at radius 2 is 1.43 bits per heavy atom. The molecule has 0 N–H and O–H groups in total. The topological polar surface area (TPSA) is 70.2 Å². The summed E-state index contributed by atoms with van der Waals surface area (Å²) < 4.78 is 0. The standard InChI is InChI=1S/C49H53N3O4/c1-48(2)41(50(5)39-25-23-35-16-8-10-18-37(35)46(39)48)27-21-33-14-13-15-34(32-33)22-28-42-49(3,4)47-38-19-11-9-17-36(38)24-26-40(47)51(42)31-12-6-7-20-45(55)56-52-43(53)29-30-44(52)54/h8-11,16-19,21-28,32,42H,6-7,12-15,20,29-31H2,1-5H3/b28-22+,33-21?,41-27+. The van der Waals surface area contributed by atoms with E-state index in [0.717, 1.165) is 38.6 Å². The van der Waals surface area contributed by atoms with Gasteiger partial charge in [0.15, 0.2) is 0 Å². The van der Waals surface area contributed by atoms with Crippen molar-refractivity contribution in [3.05, 3.63) is 131 Å².